The van der Waals surface area contributed by atoms with Gasteiger partial charge in [-0.05, 0) is 52.4 Å². The zero-order valence-corrected chi connectivity index (χ0v) is 22.9. The van der Waals surface area contributed by atoms with Crippen LogP contribution in [0, 0.1) is 0 Å². The molecule has 0 aromatic carbocycles. The predicted molar refractivity (Wildman–Crippen MR) is 135 cm³/mol. The summed E-state index contributed by atoms with van der Waals surface area (Å²) in [5.74, 6) is -1.26. The number of carbonyl (C=O) groups excluding carboxylic acids is 4. The van der Waals surface area contributed by atoms with Crippen LogP contribution >= 0.6 is 31.9 Å². The molecule has 3 atom stereocenters. The fourth-order valence-corrected chi connectivity index (χ4v) is 5.12. The van der Waals surface area contributed by atoms with Gasteiger partial charge in [-0.25, -0.2) is 0 Å². The van der Waals surface area contributed by atoms with Crippen molar-refractivity contribution in [2.75, 3.05) is 17.2 Å². The van der Waals surface area contributed by atoms with Crippen LogP contribution in [-0.4, -0.2) is 69.4 Å². The largest absolute Gasteiger partial charge is 0.343 e. The second-order valence-corrected chi connectivity index (χ2v) is 11.1. The van der Waals surface area contributed by atoms with E-state index >= 15 is 0 Å². The minimum atomic E-state index is -1.21. The van der Waals surface area contributed by atoms with Crippen molar-refractivity contribution in [1.82, 2.24) is 20.9 Å². The van der Waals surface area contributed by atoms with Crippen molar-refractivity contribution in [3.8, 4) is 0 Å². The monoisotopic (exact) mass is 592 g/mol. The average Bonchev–Trinajstić information content (AvgIpc) is 3.26. The van der Waals surface area contributed by atoms with Crippen LogP contribution in [0.5, 0.6) is 0 Å². The fourth-order valence-electron chi connectivity index (χ4n) is 4.33. The van der Waals surface area contributed by atoms with E-state index in [1.165, 1.54) is 0 Å². The Morgan fingerprint density at radius 2 is 1.45 bits per heavy atom. The van der Waals surface area contributed by atoms with E-state index in [1.807, 2.05) is 0 Å². The molecular weight excluding hydrogens is 556 g/mol. The summed E-state index contributed by atoms with van der Waals surface area (Å²) in [5, 5.41) is 10.3. The van der Waals surface area contributed by atoms with Crippen LogP contribution in [0.2, 0.25) is 0 Å². The van der Waals surface area contributed by atoms with E-state index < -0.39 is 29.6 Å². The van der Waals surface area contributed by atoms with E-state index in [0.29, 0.717) is 25.8 Å². The molecule has 2 rings (SSSR count). The molecule has 0 unspecified atom stereocenters. The number of rotatable bonds is 10. The summed E-state index contributed by atoms with van der Waals surface area (Å²) >= 11 is 6.82. The molecule has 2 heterocycles. The number of nitrogens with one attached hydrogen (secondary N) is 3. The van der Waals surface area contributed by atoms with Gasteiger partial charge in [-0.1, -0.05) is 57.5 Å². The van der Waals surface area contributed by atoms with Gasteiger partial charge < -0.3 is 20.9 Å². The highest BCUT2D eigenvalue weighted by Gasteiger charge is 2.41. The van der Waals surface area contributed by atoms with Crippen LogP contribution in [0.4, 0.5) is 0 Å². The predicted octanol–water partition coefficient (Wildman–Crippen LogP) is 2.77. The first kappa shape index (κ1) is 28.1. The zero-order chi connectivity index (χ0) is 24.4. The Kier molecular flexibility index (Phi) is 11.6. The van der Waals surface area contributed by atoms with Crippen LogP contribution in [0.25, 0.3) is 0 Å². The van der Waals surface area contributed by atoms with Gasteiger partial charge in [-0.3, -0.25) is 19.2 Å². The van der Waals surface area contributed by atoms with Gasteiger partial charge in [-0.15, -0.1) is 0 Å². The van der Waals surface area contributed by atoms with Gasteiger partial charge in [0.05, 0.1) is 0 Å². The molecule has 0 spiro atoms. The molecular formula is C23H38Br2N4O4. The van der Waals surface area contributed by atoms with Crippen molar-refractivity contribution in [3.05, 3.63) is 0 Å². The van der Waals surface area contributed by atoms with Crippen LogP contribution < -0.4 is 16.0 Å². The Labute approximate surface area is 214 Å². The third kappa shape index (κ3) is 8.23. The van der Waals surface area contributed by atoms with Crippen molar-refractivity contribution in [2.45, 2.75) is 102 Å². The van der Waals surface area contributed by atoms with Crippen molar-refractivity contribution >= 4 is 55.5 Å². The molecule has 0 aliphatic carbocycles. The second kappa shape index (κ2) is 13.7. The standard InChI is InChI=1S/C23H38Br2N4O4/c1-23(2)22(33)27-17(11-6-4-8-14-25)21(32)29-15-9-12-18(29)20(31)26-16(19(30)28-23)10-5-3-7-13-24/h16-18H,3-15H2,1-2H3,(H,26,31)(H,27,33)(H,28,30)/t16-,17-,18+/m0/s1. The Hall–Kier alpha value is -1.16. The lowest BCUT2D eigenvalue weighted by molar-refractivity contribution is -0.144. The van der Waals surface area contributed by atoms with Gasteiger partial charge in [-0.2, -0.15) is 0 Å². The van der Waals surface area contributed by atoms with Crippen LogP contribution in [0.3, 0.4) is 0 Å². The number of amides is 4. The molecule has 2 saturated heterocycles. The van der Waals surface area contributed by atoms with Crippen molar-refractivity contribution in [3.63, 3.8) is 0 Å². The number of hydrogen-bond donors (Lipinski definition) is 3. The summed E-state index contributed by atoms with van der Waals surface area (Å²) in [7, 11) is 0. The lowest BCUT2D eigenvalue weighted by Crippen LogP contribution is -2.64. The molecule has 3 N–H and O–H groups in total. The number of halogens is 2. The molecule has 0 saturated carbocycles. The van der Waals surface area contributed by atoms with E-state index in [0.717, 1.165) is 55.6 Å². The summed E-state index contributed by atoms with van der Waals surface area (Å²) in [4.78, 5) is 54.4. The van der Waals surface area contributed by atoms with Gasteiger partial charge in [0.2, 0.25) is 23.6 Å². The highest BCUT2D eigenvalue weighted by molar-refractivity contribution is 9.09. The molecule has 188 valence electrons. The maximum Gasteiger partial charge on any atom is 0.245 e. The highest BCUT2D eigenvalue weighted by Crippen LogP contribution is 2.22. The Balaban J connectivity index is 2.26. The maximum absolute atomic E-state index is 13.4. The first-order valence-electron chi connectivity index (χ1n) is 12.1. The average molecular weight is 594 g/mol. The number of unbranched alkanes of at least 4 members (excludes halogenated alkanes) is 4. The van der Waals surface area contributed by atoms with Crippen molar-refractivity contribution < 1.29 is 19.2 Å². The Morgan fingerprint density at radius 3 is 2.06 bits per heavy atom. The third-order valence-electron chi connectivity index (χ3n) is 6.33. The lowest BCUT2D eigenvalue weighted by Gasteiger charge is -2.34. The zero-order valence-electron chi connectivity index (χ0n) is 19.8. The normalized spacial score (nSPS) is 26.1. The topological polar surface area (TPSA) is 108 Å². The highest BCUT2D eigenvalue weighted by atomic mass is 79.9. The fraction of sp³-hybridized carbons (Fsp3) is 0.826. The smallest absolute Gasteiger partial charge is 0.245 e. The van der Waals surface area contributed by atoms with Crippen LogP contribution in [0.15, 0.2) is 0 Å². The van der Waals surface area contributed by atoms with Crippen molar-refractivity contribution in [1.29, 1.82) is 0 Å². The van der Waals surface area contributed by atoms with E-state index in [2.05, 4.69) is 47.8 Å². The summed E-state index contributed by atoms with van der Waals surface area (Å²) < 4.78 is 0. The SMILES string of the molecule is CC1(C)NC(=O)[C@H](CCCCCBr)NC(=O)[C@H]2CCCN2C(=O)[C@H](CCCCCBr)NC1=O. The second-order valence-electron chi connectivity index (χ2n) is 9.47. The number of carbonyl (C=O) groups is 4. The Bertz CT molecular complexity index is 704. The molecule has 4 amide bonds. The number of hydrogen-bond acceptors (Lipinski definition) is 4. The summed E-state index contributed by atoms with van der Waals surface area (Å²) in [6.07, 6.45) is 7.68. The van der Waals surface area contributed by atoms with Crippen LogP contribution in [-0.2, 0) is 19.2 Å². The van der Waals surface area contributed by atoms with Gasteiger partial charge >= 0.3 is 0 Å². The number of nitrogens with zero attached hydrogens (tertiary/aromatic N) is 1. The van der Waals surface area contributed by atoms with E-state index in [-0.39, 0.29) is 17.7 Å². The molecule has 10 heteroatoms. The first-order valence-corrected chi connectivity index (χ1v) is 14.3. The molecule has 2 aliphatic rings. The molecule has 2 fully saturated rings. The van der Waals surface area contributed by atoms with Crippen LogP contribution in [0.1, 0.15) is 78.1 Å². The molecule has 0 radical (unpaired) electrons. The molecule has 0 aromatic rings. The molecule has 2 aliphatic heterocycles. The molecule has 8 nitrogen and oxygen atoms in total. The van der Waals surface area contributed by atoms with Gasteiger partial charge in [0.15, 0.2) is 0 Å². The molecule has 0 aromatic heterocycles. The number of fused-ring (bicyclic) bond motifs is 1. The van der Waals surface area contributed by atoms with Gasteiger partial charge in [0, 0.05) is 17.2 Å². The van der Waals surface area contributed by atoms with Crippen molar-refractivity contribution in [2.24, 2.45) is 0 Å². The Morgan fingerprint density at radius 1 is 0.848 bits per heavy atom. The lowest BCUT2D eigenvalue weighted by atomic mass is 9.99. The third-order valence-corrected chi connectivity index (χ3v) is 7.45. The van der Waals surface area contributed by atoms with E-state index in [1.54, 1.807) is 18.7 Å². The molecule has 0 bridgehead atoms. The summed E-state index contributed by atoms with van der Waals surface area (Å²) in [5.41, 5.74) is -1.21. The van der Waals surface area contributed by atoms with E-state index in [9.17, 15) is 19.2 Å². The van der Waals surface area contributed by atoms with E-state index in [4.69, 9.17) is 0 Å². The van der Waals surface area contributed by atoms with Gasteiger partial charge in [0.1, 0.15) is 23.7 Å². The summed E-state index contributed by atoms with van der Waals surface area (Å²) in [6.45, 7) is 3.73. The minimum Gasteiger partial charge on any atom is -0.343 e. The maximum atomic E-state index is 13.4. The number of alkyl halides is 2. The summed E-state index contributed by atoms with van der Waals surface area (Å²) in [6, 6.07) is -2.06. The molecule has 33 heavy (non-hydrogen) atoms. The van der Waals surface area contributed by atoms with Gasteiger partial charge in [0.25, 0.3) is 0 Å². The minimum absolute atomic E-state index is 0.212. The first-order chi connectivity index (χ1) is 15.7. The quantitative estimate of drug-likeness (QED) is 0.267.